The molecule has 0 saturated heterocycles. The number of rotatable bonds is 0. The molecule has 2 nitrogen and oxygen atoms in total. The number of thioether (sulfide) groups is 1. The van der Waals surface area contributed by atoms with Crippen LogP contribution < -0.4 is 0 Å². The van der Waals surface area contributed by atoms with E-state index in [2.05, 4.69) is 0 Å². The molecule has 0 amide bonds. The van der Waals surface area contributed by atoms with Crippen molar-refractivity contribution in [1.82, 2.24) is 0 Å². The smallest absolute Gasteiger partial charge is 0.264 e. The minimum atomic E-state index is -0.354. The Bertz CT molecular complexity index is 421. The van der Waals surface area contributed by atoms with Crippen LogP contribution in [0, 0.1) is 13.8 Å². The summed E-state index contributed by atoms with van der Waals surface area (Å²) in [5.41, 5.74) is 2.50. The van der Waals surface area contributed by atoms with Crippen molar-refractivity contribution in [2.24, 2.45) is 0 Å². The number of fused-ring (bicyclic) bond motifs is 1. The lowest BCUT2D eigenvalue weighted by Gasteiger charge is -2.02. The first kappa shape index (κ1) is 8.51. The van der Waals surface area contributed by atoms with Crippen LogP contribution in [0.2, 0.25) is 0 Å². The number of carbonyl (C=O) groups is 2. The van der Waals surface area contributed by atoms with E-state index in [-0.39, 0.29) is 10.9 Å². The highest BCUT2D eigenvalue weighted by Crippen LogP contribution is 2.36. The van der Waals surface area contributed by atoms with Crippen molar-refractivity contribution in [2.45, 2.75) is 18.7 Å². The van der Waals surface area contributed by atoms with Gasteiger partial charge in [-0.15, -0.1) is 0 Å². The van der Waals surface area contributed by atoms with Crippen LogP contribution in [0.3, 0.4) is 0 Å². The van der Waals surface area contributed by atoms with Crippen molar-refractivity contribution in [3.05, 3.63) is 28.8 Å². The van der Waals surface area contributed by atoms with Crippen LogP contribution in [-0.2, 0) is 4.79 Å². The Labute approximate surface area is 80.3 Å². The standard InChI is InChI=1S/C10H8O2S/c1-5-3-4-6(2)9-7(5)8(11)10(12)13-9/h3-4H,1-2H3. The maximum absolute atomic E-state index is 11.4. The molecule has 0 aliphatic carbocycles. The molecular formula is C10H8O2S. The minimum absolute atomic E-state index is 0.346. The van der Waals surface area contributed by atoms with E-state index in [9.17, 15) is 9.59 Å². The predicted molar refractivity (Wildman–Crippen MR) is 51.1 cm³/mol. The van der Waals surface area contributed by atoms with Gasteiger partial charge in [0.1, 0.15) is 0 Å². The summed E-state index contributed by atoms with van der Waals surface area (Å²) in [5, 5.41) is -0.354. The number of hydrogen-bond acceptors (Lipinski definition) is 3. The molecule has 13 heavy (non-hydrogen) atoms. The summed E-state index contributed by atoms with van der Waals surface area (Å²) in [6, 6.07) is 3.82. The van der Waals surface area contributed by atoms with Gasteiger partial charge in [-0.05, 0) is 36.7 Å². The first-order valence-electron chi connectivity index (χ1n) is 3.98. The van der Waals surface area contributed by atoms with Crippen LogP contribution in [0.1, 0.15) is 21.5 Å². The van der Waals surface area contributed by atoms with Gasteiger partial charge in [0.25, 0.3) is 5.12 Å². The molecule has 1 aliphatic rings. The van der Waals surface area contributed by atoms with Crippen LogP contribution in [0.25, 0.3) is 0 Å². The van der Waals surface area contributed by atoms with Crippen molar-refractivity contribution in [3.8, 4) is 0 Å². The lowest BCUT2D eigenvalue weighted by molar-refractivity contribution is -0.107. The number of carbonyl (C=O) groups excluding carboxylic acids is 2. The third kappa shape index (κ3) is 1.11. The quantitative estimate of drug-likeness (QED) is 0.590. The summed E-state index contributed by atoms with van der Waals surface area (Å²) >= 11 is 1.05. The third-order valence-corrected chi connectivity index (χ3v) is 3.27. The monoisotopic (exact) mass is 192 g/mol. The molecule has 66 valence electrons. The van der Waals surface area contributed by atoms with Crippen molar-refractivity contribution in [3.63, 3.8) is 0 Å². The van der Waals surface area contributed by atoms with Crippen LogP contribution >= 0.6 is 11.8 Å². The molecular weight excluding hydrogens is 184 g/mol. The fourth-order valence-corrected chi connectivity index (χ4v) is 2.41. The topological polar surface area (TPSA) is 34.1 Å². The second kappa shape index (κ2) is 2.70. The number of Topliss-reactive ketones (excluding diaryl/α,β-unsaturated/α-hetero) is 1. The summed E-state index contributed by atoms with van der Waals surface area (Å²) in [6.07, 6.45) is 0. The zero-order valence-corrected chi connectivity index (χ0v) is 8.20. The van der Waals surface area contributed by atoms with Gasteiger partial charge in [0.05, 0.1) is 0 Å². The van der Waals surface area contributed by atoms with Gasteiger partial charge >= 0.3 is 0 Å². The van der Waals surface area contributed by atoms with Crippen LogP contribution in [-0.4, -0.2) is 10.9 Å². The van der Waals surface area contributed by atoms with Gasteiger partial charge in [-0.3, -0.25) is 9.59 Å². The SMILES string of the molecule is Cc1ccc(C)c2c1SC(=O)C2=O. The molecule has 1 aliphatic heterocycles. The van der Waals surface area contributed by atoms with E-state index in [1.807, 2.05) is 26.0 Å². The Morgan fingerprint density at radius 3 is 2.31 bits per heavy atom. The minimum Gasteiger partial charge on any atom is -0.284 e. The summed E-state index contributed by atoms with van der Waals surface area (Å²) in [4.78, 5) is 23.4. The zero-order valence-electron chi connectivity index (χ0n) is 7.38. The van der Waals surface area contributed by atoms with Crippen molar-refractivity contribution >= 4 is 22.7 Å². The molecule has 0 spiro atoms. The first-order valence-corrected chi connectivity index (χ1v) is 4.79. The van der Waals surface area contributed by atoms with Crippen molar-refractivity contribution < 1.29 is 9.59 Å². The molecule has 0 fully saturated rings. The Morgan fingerprint density at radius 1 is 1.08 bits per heavy atom. The summed E-state index contributed by atoms with van der Waals surface area (Å²) in [6.45, 7) is 3.77. The van der Waals surface area contributed by atoms with Gasteiger partial charge in [0.2, 0.25) is 5.78 Å². The largest absolute Gasteiger partial charge is 0.284 e. The maximum Gasteiger partial charge on any atom is 0.264 e. The lowest BCUT2D eigenvalue weighted by Crippen LogP contribution is -2.04. The molecule has 0 unspecified atom stereocenters. The zero-order chi connectivity index (χ0) is 9.59. The molecule has 0 N–H and O–H groups in total. The molecule has 0 atom stereocenters. The summed E-state index contributed by atoms with van der Waals surface area (Å²) < 4.78 is 0. The molecule has 1 aromatic carbocycles. The van der Waals surface area contributed by atoms with E-state index >= 15 is 0 Å². The number of hydrogen-bond donors (Lipinski definition) is 0. The Morgan fingerprint density at radius 2 is 1.69 bits per heavy atom. The third-order valence-electron chi connectivity index (χ3n) is 2.17. The van der Waals surface area contributed by atoms with Crippen LogP contribution in [0.5, 0.6) is 0 Å². The highest BCUT2D eigenvalue weighted by atomic mass is 32.2. The molecule has 1 aromatic rings. The Kier molecular flexibility index (Phi) is 1.77. The Hall–Kier alpha value is -1.09. The molecule has 0 bridgehead atoms. The van der Waals surface area contributed by atoms with E-state index in [4.69, 9.17) is 0 Å². The van der Waals surface area contributed by atoms with Crippen LogP contribution in [0.4, 0.5) is 0 Å². The molecule has 2 rings (SSSR count). The van der Waals surface area contributed by atoms with Gasteiger partial charge in [-0.2, -0.15) is 0 Å². The highest BCUT2D eigenvalue weighted by Gasteiger charge is 2.31. The average Bonchev–Trinajstić information content (AvgIpc) is 2.38. The highest BCUT2D eigenvalue weighted by molar-refractivity contribution is 8.16. The van der Waals surface area contributed by atoms with Gasteiger partial charge in [-0.25, -0.2) is 0 Å². The molecule has 1 heterocycles. The number of aryl methyl sites for hydroxylation is 2. The van der Waals surface area contributed by atoms with E-state index < -0.39 is 0 Å². The summed E-state index contributed by atoms with van der Waals surface area (Å²) in [7, 11) is 0. The maximum atomic E-state index is 11.4. The first-order chi connectivity index (χ1) is 6.11. The van der Waals surface area contributed by atoms with Gasteiger partial charge in [0, 0.05) is 10.5 Å². The molecule has 0 radical (unpaired) electrons. The predicted octanol–water partition coefficient (Wildman–Crippen LogP) is 2.12. The normalized spacial score (nSPS) is 14.9. The van der Waals surface area contributed by atoms with Crippen molar-refractivity contribution in [1.29, 1.82) is 0 Å². The van der Waals surface area contributed by atoms with E-state index in [0.717, 1.165) is 27.8 Å². The van der Waals surface area contributed by atoms with Gasteiger partial charge in [0.15, 0.2) is 0 Å². The van der Waals surface area contributed by atoms with E-state index in [0.29, 0.717) is 5.56 Å². The van der Waals surface area contributed by atoms with Gasteiger partial charge < -0.3 is 0 Å². The lowest BCUT2D eigenvalue weighted by atomic mass is 10.0. The second-order valence-corrected chi connectivity index (χ2v) is 4.11. The second-order valence-electron chi connectivity index (χ2n) is 3.12. The number of ketones is 1. The Balaban J connectivity index is 2.75. The van der Waals surface area contributed by atoms with E-state index in [1.54, 1.807) is 0 Å². The molecule has 0 aromatic heterocycles. The summed E-state index contributed by atoms with van der Waals surface area (Å²) in [5.74, 6) is -0.346. The number of benzene rings is 1. The van der Waals surface area contributed by atoms with E-state index in [1.165, 1.54) is 0 Å². The fraction of sp³-hybridized carbons (Fsp3) is 0.200. The molecule has 0 saturated carbocycles. The van der Waals surface area contributed by atoms with Gasteiger partial charge in [-0.1, -0.05) is 12.1 Å². The molecule has 3 heteroatoms. The average molecular weight is 192 g/mol. The fourth-order valence-electron chi connectivity index (χ4n) is 1.44. The van der Waals surface area contributed by atoms with Crippen LogP contribution in [0.15, 0.2) is 17.0 Å². The van der Waals surface area contributed by atoms with Crippen molar-refractivity contribution in [2.75, 3.05) is 0 Å².